The van der Waals surface area contributed by atoms with E-state index in [1.54, 1.807) is 17.5 Å². The van der Waals surface area contributed by atoms with Crippen LogP contribution in [-0.2, 0) is 6.54 Å². The van der Waals surface area contributed by atoms with Gasteiger partial charge in [-0.3, -0.25) is 10.1 Å². The summed E-state index contributed by atoms with van der Waals surface area (Å²) in [6.45, 7) is 2.44. The molecule has 1 heterocycles. The standard InChI is InChI=1S/C13H13FN2O2S/c1-9(11-3-2-4-12(14)6-11)15-7-10-5-13(16(17)18)19-8-10/h2-6,8-9,15H,7H2,1H3. The molecule has 1 unspecified atom stereocenters. The Morgan fingerprint density at radius 1 is 1.47 bits per heavy atom. The van der Waals surface area contributed by atoms with Crippen LogP contribution in [0.4, 0.5) is 9.39 Å². The molecule has 0 bridgehead atoms. The number of hydrogen-bond donors (Lipinski definition) is 1. The summed E-state index contributed by atoms with van der Waals surface area (Å²) in [5.74, 6) is -0.266. The fraction of sp³-hybridized carbons (Fsp3) is 0.231. The zero-order valence-electron chi connectivity index (χ0n) is 10.3. The van der Waals surface area contributed by atoms with Crippen LogP contribution in [0.1, 0.15) is 24.1 Å². The van der Waals surface area contributed by atoms with Gasteiger partial charge in [-0.05, 0) is 30.2 Å². The molecule has 0 radical (unpaired) electrons. The average molecular weight is 280 g/mol. The largest absolute Gasteiger partial charge is 0.324 e. The Labute approximate surface area is 114 Å². The molecular weight excluding hydrogens is 267 g/mol. The maximum atomic E-state index is 13.1. The minimum Gasteiger partial charge on any atom is -0.306 e. The van der Waals surface area contributed by atoms with Crippen molar-refractivity contribution in [3.63, 3.8) is 0 Å². The molecule has 0 aliphatic carbocycles. The molecule has 2 rings (SSSR count). The van der Waals surface area contributed by atoms with Crippen LogP contribution in [-0.4, -0.2) is 4.92 Å². The molecule has 100 valence electrons. The molecular formula is C13H13FN2O2S. The first-order valence-corrected chi connectivity index (χ1v) is 6.65. The van der Waals surface area contributed by atoms with Crippen LogP contribution in [0.2, 0.25) is 0 Å². The van der Waals surface area contributed by atoms with Crippen LogP contribution in [0.25, 0.3) is 0 Å². The van der Waals surface area contributed by atoms with Gasteiger partial charge in [0.05, 0.1) is 4.92 Å². The quantitative estimate of drug-likeness (QED) is 0.672. The van der Waals surface area contributed by atoms with E-state index in [1.807, 2.05) is 13.0 Å². The average Bonchev–Trinajstić information content (AvgIpc) is 2.85. The van der Waals surface area contributed by atoms with E-state index in [0.29, 0.717) is 6.54 Å². The van der Waals surface area contributed by atoms with Crippen LogP contribution < -0.4 is 5.32 Å². The van der Waals surface area contributed by atoms with Gasteiger partial charge in [0.1, 0.15) is 5.82 Å². The first-order chi connectivity index (χ1) is 9.06. The van der Waals surface area contributed by atoms with Gasteiger partial charge >= 0.3 is 5.00 Å². The highest BCUT2D eigenvalue weighted by atomic mass is 32.1. The molecule has 0 aliphatic rings. The summed E-state index contributed by atoms with van der Waals surface area (Å²) in [6.07, 6.45) is 0. The Hall–Kier alpha value is -1.79. The van der Waals surface area contributed by atoms with E-state index in [0.717, 1.165) is 22.5 Å². The third-order valence-corrected chi connectivity index (χ3v) is 3.71. The van der Waals surface area contributed by atoms with Crippen molar-refractivity contribution < 1.29 is 9.31 Å². The van der Waals surface area contributed by atoms with E-state index >= 15 is 0 Å². The summed E-state index contributed by atoms with van der Waals surface area (Å²) >= 11 is 1.11. The minimum atomic E-state index is -0.399. The highest BCUT2D eigenvalue weighted by molar-refractivity contribution is 7.13. The molecule has 1 aromatic heterocycles. The maximum Gasteiger partial charge on any atom is 0.324 e. The molecule has 2 aromatic rings. The number of hydrogen-bond acceptors (Lipinski definition) is 4. The Balaban J connectivity index is 1.96. The molecule has 1 N–H and O–H groups in total. The summed E-state index contributed by atoms with van der Waals surface area (Å²) in [5, 5.41) is 15.7. The van der Waals surface area contributed by atoms with Gasteiger partial charge in [-0.15, -0.1) is 0 Å². The second-order valence-electron chi connectivity index (χ2n) is 4.21. The topological polar surface area (TPSA) is 55.2 Å². The molecule has 0 amide bonds. The lowest BCUT2D eigenvalue weighted by atomic mass is 10.1. The molecule has 0 aliphatic heterocycles. The number of nitrogens with zero attached hydrogens (tertiary/aromatic N) is 1. The number of rotatable bonds is 5. The van der Waals surface area contributed by atoms with Crippen molar-refractivity contribution in [1.82, 2.24) is 5.32 Å². The Morgan fingerprint density at radius 2 is 2.26 bits per heavy atom. The number of thiophene rings is 1. The highest BCUT2D eigenvalue weighted by Crippen LogP contribution is 2.23. The van der Waals surface area contributed by atoms with Crippen LogP contribution in [0.5, 0.6) is 0 Å². The molecule has 19 heavy (non-hydrogen) atoms. The second kappa shape index (κ2) is 5.90. The van der Waals surface area contributed by atoms with E-state index in [2.05, 4.69) is 5.32 Å². The molecule has 0 spiro atoms. The summed E-state index contributed by atoms with van der Waals surface area (Å²) in [5.41, 5.74) is 1.71. The van der Waals surface area contributed by atoms with E-state index in [1.165, 1.54) is 12.1 Å². The SMILES string of the molecule is CC(NCc1csc([N+](=O)[O-])c1)c1cccc(F)c1. The van der Waals surface area contributed by atoms with Gasteiger partial charge in [0.2, 0.25) is 0 Å². The monoisotopic (exact) mass is 280 g/mol. The number of halogens is 1. The normalized spacial score (nSPS) is 12.3. The molecule has 1 atom stereocenters. The molecule has 0 saturated carbocycles. The Morgan fingerprint density at radius 3 is 2.89 bits per heavy atom. The molecule has 6 heteroatoms. The second-order valence-corrected chi connectivity index (χ2v) is 5.10. The predicted octanol–water partition coefficient (Wildman–Crippen LogP) is 3.65. The number of benzene rings is 1. The van der Waals surface area contributed by atoms with Gasteiger partial charge in [-0.25, -0.2) is 4.39 Å². The molecule has 1 aromatic carbocycles. The van der Waals surface area contributed by atoms with E-state index in [4.69, 9.17) is 0 Å². The number of nitro groups is 1. The predicted molar refractivity (Wildman–Crippen MR) is 72.6 cm³/mol. The van der Waals surface area contributed by atoms with E-state index in [9.17, 15) is 14.5 Å². The van der Waals surface area contributed by atoms with Gasteiger partial charge in [0.25, 0.3) is 0 Å². The van der Waals surface area contributed by atoms with Crippen LogP contribution in [0, 0.1) is 15.9 Å². The summed E-state index contributed by atoms with van der Waals surface area (Å²) < 4.78 is 13.1. The van der Waals surface area contributed by atoms with Gasteiger partial charge in [0.15, 0.2) is 0 Å². The zero-order valence-corrected chi connectivity index (χ0v) is 11.1. The van der Waals surface area contributed by atoms with Crippen molar-refractivity contribution in [2.45, 2.75) is 19.5 Å². The maximum absolute atomic E-state index is 13.1. The van der Waals surface area contributed by atoms with Gasteiger partial charge in [0, 0.05) is 24.0 Å². The third kappa shape index (κ3) is 3.59. The zero-order chi connectivity index (χ0) is 13.8. The lowest BCUT2D eigenvalue weighted by molar-refractivity contribution is -0.380. The van der Waals surface area contributed by atoms with Crippen molar-refractivity contribution in [2.24, 2.45) is 0 Å². The first-order valence-electron chi connectivity index (χ1n) is 5.77. The van der Waals surface area contributed by atoms with Crippen molar-refractivity contribution in [3.8, 4) is 0 Å². The van der Waals surface area contributed by atoms with E-state index in [-0.39, 0.29) is 16.9 Å². The Kier molecular flexibility index (Phi) is 4.24. The van der Waals surface area contributed by atoms with Crippen LogP contribution >= 0.6 is 11.3 Å². The van der Waals surface area contributed by atoms with Crippen LogP contribution in [0.15, 0.2) is 35.7 Å². The lowest BCUT2D eigenvalue weighted by Gasteiger charge is -2.13. The number of nitrogens with one attached hydrogen (secondary N) is 1. The van der Waals surface area contributed by atoms with Gasteiger partial charge in [-0.1, -0.05) is 23.5 Å². The fourth-order valence-corrected chi connectivity index (χ4v) is 2.44. The fourth-order valence-electron chi connectivity index (χ4n) is 1.72. The van der Waals surface area contributed by atoms with Crippen LogP contribution in [0.3, 0.4) is 0 Å². The van der Waals surface area contributed by atoms with Crippen molar-refractivity contribution in [3.05, 3.63) is 62.8 Å². The lowest BCUT2D eigenvalue weighted by Crippen LogP contribution is -2.17. The molecule has 0 saturated heterocycles. The minimum absolute atomic E-state index is 0.0188. The highest BCUT2D eigenvalue weighted by Gasteiger charge is 2.11. The molecule has 4 nitrogen and oxygen atoms in total. The Bertz CT molecular complexity index is 586. The van der Waals surface area contributed by atoms with E-state index < -0.39 is 4.92 Å². The van der Waals surface area contributed by atoms with Crippen molar-refractivity contribution in [2.75, 3.05) is 0 Å². The van der Waals surface area contributed by atoms with Gasteiger partial charge < -0.3 is 5.32 Å². The third-order valence-electron chi connectivity index (χ3n) is 2.78. The summed E-state index contributed by atoms with van der Waals surface area (Å²) in [6, 6.07) is 7.92. The summed E-state index contributed by atoms with van der Waals surface area (Å²) in [7, 11) is 0. The van der Waals surface area contributed by atoms with Crippen molar-refractivity contribution in [1.29, 1.82) is 0 Å². The smallest absolute Gasteiger partial charge is 0.306 e. The first kappa shape index (κ1) is 13.6. The van der Waals surface area contributed by atoms with Gasteiger partial charge in [-0.2, -0.15) is 0 Å². The van der Waals surface area contributed by atoms with Crippen molar-refractivity contribution >= 4 is 16.3 Å². The summed E-state index contributed by atoms with van der Waals surface area (Å²) in [4.78, 5) is 10.2. The molecule has 0 fully saturated rings.